The highest BCUT2D eigenvalue weighted by Crippen LogP contribution is 2.32. The van der Waals surface area contributed by atoms with Gasteiger partial charge in [0.05, 0.1) is 6.61 Å². The minimum absolute atomic E-state index is 0.141. The Labute approximate surface area is 238 Å². The fourth-order valence-electron chi connectivity index (χ4n) is 3.98. The number of nitrogens with zero attached hydrogens (tertiary/aromatic N) is 3. The van der Waals surface area contributed by atoms with E-state index in [0.29, 0.717) is 15.6 Å². The van der Waals surface area contributed by atoms with Crippen LogP contribution < -0.4 is 10.1 Å². The number of rotatable bonds is 10. The molecule has 1 aliphatic heterocycles. The highest BCUT2D eigenvalue weighted by Gasteiger charge is 2.46. The van der Waals surface area contributed by atoms with Crippen molar-refractivity contribution in [3.8, 4) is 5.75 Å². The molecule has 0 bridgehead atoms. The maximum Gasteiger partial charge on any atom is 0.414 e. The summed E-state index contributed by atoms with van der Waals surface area (Å²) >= 11 is 1.28. The summed E-state index contributed by atoms with van der Waals surface area (Å²) in [5, 5.41) is 2.29. The summed E-state index contributed by atoms with van der Waals surface area (Å²) in [6.07, 6.45) is 3.73. The van der Waals surface area contributed by atoms with Gasteiger partial charge in [-0.25, -0.2) is 22.3 Å². The van der Waals surface area contributed by atoms with Gasteiger partial charge in [0.2, 0.25) is 0 Å². The average molecular weight is 591 g/mol. The Bertz CT molecular complexity index is 1330. The number of benzene rings is 1. The van der Waals surface area contributed by atoms with Crippen LogP contribution in [0.4, 0.5) is 4.79 Å². The van der Waals surface area contributed by atoms with Gasteiger partial charge in [0, 0.05) is 44.2 Å². The van der Waals surface area contributed by atoms with Gasteiger partial charge in [-0.2, -0.15) is 0 Å². The first kappa shape index (κ1) is 29.8. The first-order valence-electron chi connectivity index (χ1n) is 12.9. The van der Waals surface area contributed by atoms with Crippen molar-refractivity contribution in [2.45, 2.75) is 55.0 Å². The van der Waals surface area contributed by atoms with Crippen LogP contribution in [-0.2, 0) is 30.8 Å². The highest BCUT2D eigenvalue weighted by molar-refractivity contribution is 8.01. The number of hydrogen-bond donors (Lipinski definition) is 1. The molecule has 2 aromatic rings. The molecule has 1 aromatic heterocycles. The summed E-state index contributed by atoms with van der Waals surface area (Å²) in [6.45, 7) is 3.99. The number of aromatic nitrogens is 1. The van der Waals surface area contributed by atoms with Crippen LogP contribution in [0, 0.1) is 5.92 Å². The highest BCUT2D eigenvalue weighted by atomic mass is 32.2. The third-order valence-electron chi connectivity index (χ3n) is 6.40. The number of carbonyl (C=O) groups is 3. The zero-order valence-electron chi connectivity index (χ0n) is 22.9. The number of amides is 2. The van der Waals surface area contributed by atoms with E-state index in [1.54, 1.807) is 38.4 Å². The van der Waals surface area contributed by atoms with Crippen LogP contribution in [0.25, 0.3) is 0 Å². The largest absolute Gasteiger partial charge is 0.464 e. The Morgan fingerprint density at radius 2 is 1.85 bits per heavy atom. The third kappa shape index (κ3) is 7.32. The third-order valence-corrected chi connectivity index (χ3v) is 9.73. The molecule has 2 aliphatic rings. The maximum absolute atomic E-state index is 14.0. The van der Waals surface area contributed by atoms with Gasteiger partial charge in [-0.3, -0.25) is 15.1 Å². The summed E-state index contributed by atoms with van der Waals surface area (Å²) in [6, 6.07) is 7.63. The maximum atomic E-state index is 14.0. The summed E-state index contributed by atoms with van der Waals surface area (Å²) in [7, 11) is -1.39. The van der Waals surface area contributed by atoms with E-state index in [0.717, 1.165) is 19.0 Å². The van der Waals surface area contributed by atoms with E-state index in [4.69, 9.17) is 9.47 Å². The molecule has 1 aliphatic carbocycles. The van der Waals surface area contributed by atoms with E-state index in [1.807, 2.05) is 13.8 Å². The Kier molecular flexibility index (Phi) is 9.06. The van der Waals surface area contributed by atoms with Gasteiger partial charge in [0.1, 0.15) is 22.1 Å². The smallest absolute Gasteiger partial charge is 0.414 e. The lowest BCUT2D eigenvalue weighted by Crippen LogP contribution is -2.56. The minimum Gasteiger partial charge on any atom is -0.464 e. The van der Waals surface area contributed by atoms with E-state index in [-0.39, 0.29) is 29.6 Å². The number of carbonyl (C=O) groups excluding carboxylic acids is 3. The van der Waals surface area contributed by atoms with Gasteiger partial charge in [-0.1, -0.05) is 12.1 Å². The van der Waals surface area contributed by atoms with Crippen molar-refractivity contribution >= 4 is 39.8 Å². The molecule has 13 heteroatoms. The number of pyridine rings is 1. The van der Waals surface area contributed by atoms with E-state index in [9.17, 15) is 22.8 Å². The predicted octanol–water partition coefficient (Wildman–Crippen LogP) is 2.66. The average Bonchev–Trinajstić information content (AvgIpc) is 3.68. The first-order chi connectivity index (χ1) is 18.9. The molecule has 0 radical (unpaired) electrons. The van der Waals surface area contributed by atoms with E-state index < -0.39 is 44.9 Å². The van der Waals surface area contributed by atoms with Gasteiger partial charge in [0.25, 0.3) is 15.9 Å². The predicted molar refractivity (Wildman–Crippen MR) is 149 cm³/mol. The second-order valence-corrected chi connectivity index (χ2v) is 13.7. The van der Waals surface area contributed by atoms with Crippen molar-refractivity contribution in [3.63, 3.8) is 0 Å². The summed E-state index contributed by atoms with van der Waals surface area (Å²) < 4.78 is 39.4. The molecule has 2 fully saturated rings. The van der Waals surface area contributed by atoms with Crippen LogP contribution in [-0.4, -0.2) is 84.0 Å². The van der Waals surface area contributed by atoms with Gasteiger partial charge >= 0.3 is 12.1 Å². The molecule has 0 spiro atoms. The Hall–Kier alpha value is -3.16. The Balaban J connectivity index is 1.70. The molecule has 1 saturated heterocycles. The molecule has 2 amide bonds. The minimum atomic E-state index is -4.50. The normalized spacial score (nSPS) is 18.9. The fourth-order valence-corrected chi connectivity index (χ4v) is 6.88. The number of thioether (sulfide) groups is 1. The first-order valence-corrected chi connectivity index (χ1v) is 15.4. The van der Waals surface area contributed by atoms with Crippen LogP contribution in [0.3, 0.4) is 0 Å². The molecule has 11 nitrogen and oxygen atoms in total. The van der Waals surface area contributed by atoms with Crippen LogP contribution in [0.1, 0.15) is 32.3 Å². The molecule has 1 saturated carbocycles. The van der Waals surface area contributed by atoms with E-state index in [2.05, 4.69) is 10.3 Å². The Morgan fingerprint density at radius 3 is 2.40 bits per heavy atom. The quantitative estimate of drug-likeness (QED) is 0.412. The number of ether oxygens (including phenoxy) is 2. The second-order valence-electron chi connectivity index (χ2n) is 10.7. The lowest BCUT2D eigenvalue weighted by Gasteiger charge is -2.32. The van der Waals surface area contributed by atoms with Crippen LogP contribution in [0.5, 0.6) is 5.75 Å². The summed E-state index contributed by atoms with van der Waals surface area (Å²) in [5.41, 5.74) is 0.140. The topological polar surface area (TPSA) is 135 Å². The van der Waals surface area contributed by atoms with Gasteiger partial charge in [-0.15, -0.1) is 11.8 Å². The standard InChI is InChI=1S/C27H34N4O7S2/c1-27(2)17-39-23(29-27)24(32)31(40(35,36)21-6-5-13-28-15-21)22(25(33)37-16-19-7-8-19)14-18-9-11-20(12-10-18)38-26(34)30(3)4/h5-6,9-13,15,19,22-23,29H,7-8,14,16-17H2,1-4H3/t22-,23-/m0/s1. The van der Waals surface area contributed by atoms with E-state index in [1.165, 1.54) is 35.0 Å². The molecule has 4 rings (SSSR count). The van der Waals surface area contributed by atoms with Crippen LogP contribution in [0.15, 0.2) is 53.7 Å². The van der Waals surface area contributed by atoms with Crippen molar-refractivity contribution in [2.75, 3.05) is 26.5 Å². The van der Waals surface area contributed by atoms with Crippen LogP contribution >= 0.6 is 11.8 Å². The lowest BCUT2D eigenvalue weighted by molar-refractivity contribution is -0.152. The molecular weight excluding hydrogens is 556 g/mol. The molecular formula is C27H34N4O7S2. The molecule has 1 N–H and O–H groups in total. The zero-order valence-corrected chi connectivity index (χ0v) is 24.5. The SMILES string of the molecule is CN(C)C(=O)Oc1ccc(C[C@@H](C(=O)OCC2CC2)N(C(=O)[C@H]2NC(C)(C)CS2)S(=O)(=O)c2cccnc2)cc1. The molecule has 2 heterocycles. The molecule has 2 atom stereocenters. The van der Waals surface area contributed by atoms with Gasteiger partial charge in [-0.05, 0) is 62.4 Å². The summed E-state index contributed by atoms with van der Waals surface area (Å²) in [4.78, 5) is 44.4. The van der Waals surface area contributed by atoms with Gasteiger partial charge < -0.3 is 14.4 Å². The fraction of sp³-hybridized carbons (Fsp3) is 0.481. The monoisotopic (exact) mass is 590 g/mol. The van der Waals surface area contributed by atoms with Crippen molar-refractivity contribution in [3.05, 3.63) is 54.4 Å². The molecule has 40 heavy (non-hydrogen) atoms. The Morgan fingerprint density at radius 1 is 1.15 bits per heavy atom. The number of nitrogens with one attached hydrogen (secondary N) is 1. The molecule has 1 aromatic carbocycles. The second kappa shape index (κ2) is 12.1. The van der Waals surface area contributed by atoms with Crippen molar-refractivity contribution in [1.82, 2.24) is 19.5 Å². The van der Waals surface area contributed by atoms with Crippen molar-refractivity contribution < 1.29 is 32.3 Å². The number of sulfonamides is 1. The van der Waals surface area contributed by atoms with Crippen molar-refractivity contribution in [2.24, 2.45) is 5.92 Å². The van der Waals surface area contributed by atoms with Crippen LogP contribution in [0.2, 0.25) is 0 Å². The zero-order chi connectivity index (χ0) is 29.1. The summed E-state index contributed by atoms with van der Waals surface area (Å²) in [5.74, 6) is -0.474. The molecule has 0 unspecified atom stereocenters. The lowest BCUT2D eigenvalue weighted by atomic mass is 10.1. The van der Waals surface area contributed by atoms with E-state index >= 15 is 0 Å². The van der Waals surface area contributed by atoms with Gasteiger partial charge in [0.15, 0.2) is 0 Å². The number of esters is 1. The molecule has 216 valence electrons. The number of hydrogen-bond acceptors (Lipinski definition) is 10. The van der Waals surface area contributed by atoms with Crippen molar-refractivity contribution in [1.29, 1.82) is 0 Å².